The van der Waals surface area contributed by atoms with Gasteiger partial charge in [0.25, 0.3) is 5.91 Å². The Labute approximate surface area is 201 Å². The number of carbonyl (C=O) groups excluding carboxylic acids is 2. The molecule has 4 aromatic heterocycles. The average molecular weight is 474 g/mol. The maximum absolute atomic E-state index is 12.9. The van der Waals surface area contributed by atoms with Gasteiger partial charge in [0.15, 0.2) is 5.78 Å². The molecular weight excluding hydrogens is 449 g/mol. The second-order valence-corrected chi connectivity index (χ2v) is 8.40. The summed E-state index contributed by atoms with van der Waals surface area (Å²) >= 11 is 0. The van der Waals surface area contributed by atoms with E-state index in [-0.39, 0.29) is 30.5 Å². The lowest BCUT2D eigenvalue weighted by Gasteiger charge is -2.27. The third kappa shape index (κ3) is 4.65. The fourth-order valence-corrected chi connectivity index (χ4v) is 4.24. The molecule has 5 rings (SSSR count). The molecule has 0 fully saturated rings. The van der Waals surface area contributed by atoms with Gasteiger partial charge in [0, 0.05) is 67.5 Å². The largest absolute Gasteiger partial charge is 0.354 e. The summed E-state index contributed by atoms with van der Waals surface area (Å²) in [7, 11) is 1.53. The first kappa shape index (κ1) is 22.7. The van der Waals surface area contributed by atoms with E-state index in [1.807, 2.05) is 23.0 Å². The van der Waals surface area contributed by atoms with E-state index in [4.69, 9.17) is 0 Å². The van der Waals surface area contributed by atoms with E-state index in [0.29, 0.717) is 24.3 Å². The van der Waals surface area contributed by atoms with Crippen molar-refractivity contribution < 1.29 is 14.0 Å². The van der Waals surface area contributed by atoms with Crippen molar-refractivity contribution in [2.75, 3.05) is 26.8 Å². The summed E-state index contributed by atoms with van der Waals surface area (Å²) in [6.45, 7) is 2.15. The number of carbonyl (C=O) groups is 2. The van der Waals surface area contributed by atoms with Crippen LogP contribution in [0.25, 0.3) is 22.0 Å². The number of aromatic nitrogens is 5. The summed E-state index contributed by atoms with van der Waals surface area (Å²) in [6.07, 6.45) is 6.79. The van der Waals surface area contributed by atoms with Gasteiger partial charge in [0.2, 0.25) is 0 Å². The smallest absolute Gasteiger partial charge is 0.269 e. The Morgan fingerprint density at radius 2 is 1.89 bits per heavy atom. The van der Waals surface area contributed by atoms with Gasteiger partial charge in [-0.15, -0.1) is 0 Å². The van der Waals surface area contributed by atoms with Gasteiger partial charge in [-0.1, -0.05) is 0 Å². The lowest BCUT2D eigenvalue weighted by molar-refractivity contribution is 0.0953. The number of pyridine rings is 3. The molecule has 4 aromatic rings. The molecule has 1 aliphatic rings. The zero-order valence-electron chi connectivity index (χ0n) is 19.2. The quantitative estimate of drug-likeness (QED) is 0.411. The van der Waals surface area contributed by atoms with Gasteiger partial charge in [-0.3, -0.25) is 34.1 Å². The summed E-state index contributed by atoms with van der Waals surface area (Å²) in [5.74, 6) is -0.444. The third-order valence-corrected chi connectivity index (χ3v) is 6.17. The summed E-state index contributed by atoms with van der Waals surface area (Å²) in [6, 6.07) is 6.98. The van der Waals surface area contributed by atoms with E-state index in [1.165, 1.54) is 19.3 Å². The SMILES string of the molecule is CNC(=O)c1ccc(C(=O)Cc2cc3cc(-c4cnn5c4CN(CCF)CC5)ncc3cn2)cn1. The molecule has 0 bridgehead atoms. The van der Waals surface area contributed by atoms with Crippen LogP contribution in [0.3, 0.4) is 0 Å². The van der Waals surface area contributed by atoms with Crippen LogP contribution in [0, 0.1) is 0 Å². The molecule has 35 heavy (non-hydrogen) atoms. The third-order valence-electron chi connectivity index (χ3n) is 6.17. The number of Topliss-reactive ketones (excluding diaryl/α,β-unsaturated/α-hetero) is 1. The lowest BCUT2D eigenvalue weighted by atomic mass is 10.0. The van der Waals surface area contributed by atoms with Crippen molar-refractivity contribution in [1.82, 2.24) is 34.9 Å². The van der Waals surface area contributed by atoms with Crippen LogP contribution in [0.1, 0.15) is 32.2 Å². The predicted molar refractivity (Wildman–Crippen MR) is 128 cm³/mol. The Morgan fingerprint density at radius 1 is 1.03 bits per heavy atom. The van der Waals surface area contributed by atoms with Crippen molar-refractivity contribution in [3.8, 4) is 11.3 Å². The van der Waals surface area contributed by atoms with Gasteiger partial charge in [0.1, 0.15) is 12.4 Å². The molecular formula is C25H24FN7O2. The number of halogens is 1. The fourth-order valence-electron chi connectivity index (χ4n) is 4.24. The summed E-state index contributed by atoms with van der Waals surface area (Å²) in [5, 5.41) is 8.77. The highest BCUT2D eigenvalue weighted by Crippen LogP contribution is 2.28. The molecule has 9 nitrogen and oxygen atoms in total. The monoisotopic (exact) mass is 473 g/mol. The molecule has 1 amide bonds. The highest BCUT2D eigenvalue weighted by atomic mass is 19.1. The van der Waals surface area contributed by atoms with E-state index in [0.717, 1.165) is 40.8 Å². The molecule has 0 spiro atoms. The molecule has 0 saturated carbocycles. The number of nitrogens with one attached hydrogen (secondary N) is 1. The molecule has 0 radical (unpaired) electrons. The Kier molecular flexibility index (Phi) is 6.28. The van der Waals surface area contributed by atoms with Gasteiger partial charge in [-0.25, -0.2) is 4.39 Å². The van der Waals surface area contributed by atoms with E-state index in [2.05, 4.69) is 30.3 Å². The first-order chi connectivity index (χ1) is 17.1. The van der Waals surface area contributed by atoms with Crippen LogP contribution in [0.15, 0.2) is 49.1 Å². The van der Waals surface area contributed by atoms with E-state index in [9.17, 15) is 14.0 Å². The van der Waals surface area contributed by atoms with Crippen molar-refractivity contribution in [1.29, 1.82) is 0 Å². The molecule has 0 atom stereocenters. The van der Waals surface area contributed by atoms with E-state index >= 15 is 0 Å². The maximum Gasteiger partial charge on any atom is 0.269 e. The number of amides is 1. The topological polar surface area (TPSA) is 106 Å². The lowest BCUT2D eigenvalue weighted by Crippen LogP contribution is -2.35. The number of hydrogen-bond donors (Lipinski definition) is 1. The maximum atomic E-state index is 12.9. The van der Waals surface area contributed by atoms with Gasteiger partial charge >= 0.3 is 0 Å². The van der Waals surface area contributed by atoms with Gasteiger partial charge in [0.05, 0.1) is 30.6 Å². The van der Waals surface area contributed by atoms with Crippen molar-refractivity contribution >= 4 is 22.5 Å². The van der Waals surface area contributed by atoms with Gasteiger partial charge in [-0.2, -0.15) is 5.10 Å². The minimum Gasteiger partial charge on any atom is -0.354 e. The second kappa shape index (κ2) is 9.67. The standard InChI is InChI=1S/C25H24FN7O2/c1-27-25(35)21-3-2-16(11-29-21)24(34)10-19-8-17-9-22(30-13-18(17)12-28-19)20-14-31-33-7-6-32(5-4-26)15-23(20)33/h2-3,8-9,11-14H,4-7,10,15H2,1H3,(H,27,35). The Bertz CT molecular complexity index is 1400. The van der Waals surface area contributed by atoms with Crippen LogP contribution >= 0.6 is 0 Å². The molecule has 10 heteroatoms. The summed E-state index contributed by atoms with van der Waals surface area (Å²) in [4.78, 5) is 39.6. The van der Waals surface area contributed by atoms with Crippen molar-refractivity contribution in [2.24, 2.45) is 0 Å². The molecule has 5 heterocycles. The number of alkyl halides is 1. The minimum absolute atomic E-state index is 0.107. The zero-order valence-corrected chi connectivity index (χ0v) is 19.2. The van der Waals surface area contributed by atoms with Crippen molar-refractivity contribution in [3.63, 3.8) is 0 Å². The minimum atomic E-state index is -0.375. The van der Waals surface area contributed by atoms with Crippen molar-refractivity contribution in [3.05, 3.63) is 71.7 Å². The molecule has 1 N–H and O–H groups in total. The number of rotatable bonds is 7. The normalized spacial score (nSPS) is 13.5. The Morgan fingerprint density at radius 3 is 2.66 bits per heavy atom. The molecule has 0 saturated heterocycles. The van der Waals surface area contributed by atoms with Gasteiger partial charge < -0.3 is 5.32 Å². The van der Waals surface area contributed by atoms with Crippen molar-refractivity contribution in [2.45, 2.75) is 19.5 Å². The van der Waals surface area contributed by atoms with Crippen LogP contribution in [0.5, 0.6) is 0 Å². The first-order valence-electron chi connectivity index (χ1n) is 11.3. The highest BCUT2D eigenvalue weighted by Gasteiger charge is 2.21. The fraction of sp³-hybridized carbons (Fsp3) is 0.280. The van der Waals surface area contributed by atoms with Gasteiger partial charge in [-0.05, 0) is 29.7 Å². The van der Waals surface area contributed by atoms with E-state index in [1.54, 1.807) is 18.5 Å². The molecule has 0 aromatic carbocycles. The Hall–Kier alpha value is -4.05. The number of nitrogens with zero attached hydrogens (tertiary/aromatic N) is 6. The summed E-state index contributed by atoms with van der Waals surface area (Å²) in [5.41, 5.74) is 4.02. The highest BCUT2D eigenvalue weighted by molar-refractivity contribution is 5.98. The summed E-state index contributed by atoms with van der Waals surface area (Å²) < 4.78 is 14.8. The van der Waals surface area contributed by atoms with E-state index < -0.39 is 0 Å². The van der Waals surface area contributed by atoms with Crippen LogP contribution in [-0.4, -0.2) is 68.1 Å². The molecule has 178 valence electrons. The predicted octanol–water partition coefficient (Wildman–Crippen LogP) is 2.46. The van der Waals surface area contributed by atoms with Crippen LogP contribution in [0.4, 0.5) is 4.39 Å². The van der Waals surface area contributed by atoms with Crippen LogP contribution in [-0.2, 0) is 19.5 Å². The number of hydrogen-bond acceptors (Lipinski definition) is 7. The zero-order chi connectivity index (χ0) is 24.4. The van der Waals surface area contributed by atoms with Crippen LogP contribution in [0.2, 0.25) is 0 Å². The second-order valence-electron chi connectivity index (χ2n) is 8.40. The Balaban J connectivity index is 1.38. The van der Waals surface area contributed by atoms with Crippen LogP contribution < -0.4 is 5.32 Å². The average Bonchev–Trinajstić information content (AvgIpc) is 3.31. The molecule has 1 aliphatic heterocycles. The number of fused-ring (bicyclic) bond motifs is 2. The first-order valence-corrected chi connectivity index (χ1v) is 11.3. The molecule has 0 aliphatic carbocycles. The number of ketones is 1. The molecule has 0 unspecified atom stereocenters.